The molecule has 0 bridgehead atoms. The number of nitrogens with zero attached hydrogens (tertiary/aromatic N) is 1. The molecule has 0 N–H and O–H groups in total. The van der Waals surface area contributed by atoms with Gasteiger partial charge in [0.05, 0.1) is 15.4 Å². The molecule has 0 aliphatic carbocycles. The number of likely N-dealkylation sites (tertiary alicyclic amines) is 1. The molecule has 0 saturated carbocycles. The quantitative estimate of drug-likeness (QED) is 0.776. The topological polar surface area (TPSA) is 20.3 Å². The Morgan fingerprint density at radius 1 is 1.53 bits per heavy atom. The Bertz CT molecular complexity index is 411. The van der Waals surface area contributed by atoms with Crippen molar-refractivity contribution < 1.29 is 4.79 Å². The third-order valence-corrected chi connectivity index (χ3v) is 5.15. The highest BCUT2D eigenvalue weighted by molar-refractivity contribution is 7.12. The van der Waals surface area contributed by atoms with Gasteiger partial charge in [-0.15, -0.1) is 11.3 Å². The highest BCUT2D eigenvalue weighted by atomic mass is 35.5. The molecule has 1 aliphatic rings. The Morgan fingerprint density at radius 3 is 2.65 bits per heavy atom. The van der Waals surface area contributed by atoms with Gasteiger partial charge >= 0.3 is 0 Å². The van der Waals surface area contributed by atoms with Crippen molar-refractivity contribution in [3.8, 4) is 0 Å². The fourth-order valence-electron chi connectivity index (χ4n) is 2.44. The number of hydrogen-bond acceptors (Lipinski definition) is 3. The van der Waals surface area contributed by atoms with Gasteiger partial charge in [-0.2, -0.15) is 0 Å². The first-order valence-corrected chi connectivity index (χ1v) is 7.38. The number of ketones is 1. The molecule has 1 atom stereocenters. The predicted octanol–water partition coefficient (Wildman–Crippen LogP) is 3.85. The van der Waals surface area contributed by atoms with Gasteiger partial charge in [0, 0.05) is 0 Å². The summed E-state index contributed by atoms with van der Waals surface area (Å²) < 4.78 is 0. The molecule has 94 valence electrons. The van der Waals surface area contributed by atoms with Crippen LogP contribution in [0.3, 0.4) is 0 Å². The van der Waals surface area contributed by atoms with E-state index in [4.69, 9.17) is 11.6 Å². The van der Waals surface area contributed by atoms with Gasteiger partial charge in [-0.1, -0.05) is 18.5 Å². The first-order chi connectivity index (χ1) is 8.09. The summed E-state index contributed by atoms with van der Waals surface area (Å²) in [5, 5.41) is 2.48. The van der Waals surface area contributed by atoms with Crippen LogP contribution in [0.1, 0.15) is 42.8 Å². The summed E-state index contributed by atoms with van der Waals surface area (Å²) in [5.74, 6) is 0.182. The fourth-order valence-corrected chi connectivity index (χ4v) is 3.64. The molecule has 2 nitrogen and oxygen atoms in total. The summed E-state index contributed by atoms with van der Waals surface area (Å²) >= 11 is 7.53. The van der Waals surface area contributed by atoms with Crippen molar-refractivity contribution in [2.24, 2.45) is 0 Å². The lowest BCUT2D eigenvalue weighted by Gasteiger charge is -2.36. The molecular weight excluding hydrogens is 254 g/mol. The van der Waals surface area contributed by atoms with E-state index in [1.54, 1.807) is 6.07 Å². The molecule has 1 aromatic heterocycles. The molecule has 1 unspecified atom stereocenters. The Balaban J connectivity index is 2.28. The van der Waals surface area contributed by atoms with E-state index in [2.05, 4.69) is 18.7 Å². The van der Waals surface area contributed by atoms with E-state index in [0.717, 1.165) is 19.5 Å². The fraction of sp³-hybridized carbons (Fsp3) is 0.615. The van der Waals surface area contributed by atoms with Crippen molar-refractivity contribution in [2.75, 3.05) is 13.1 Å². The third-order valence-electron chi connectivity index (χ3n) is 3.81. The Labute approximate surface area is 112 Å². The number of carbonyl (C=O) groups is 1. The second kappa shape index (κ2) is 5.09. The normalized spacial score (nSPS) is 20.4. The van der Waals surface area contributed by atoms with Gasteiger partial charge in [-0.25, -0.2) is 0 Å². The van der Waals surface area contributed by atoms with Crippen LogP contribution in [0.2, 0.25) is 5.02 Å². The second-order valence-electron chi connectivity index (χ2n) is 4.75. The van der Waals surface area contributed by atoms with E-state index >= 15 is 0 Å². The molecule has 2 heterocycles. The van der Waals surface area contributed by atoms with Crippen LogP contribution in [0.25, 0.3) is 0 Å². The molecule has 1 aromatic rings. The Kier molecular flexibility index (Phi) is 3.91. The van der Waals surface area contributed by atoms with Crippen LogP contribution >= 0.6 is 22.9 Å². The molecule has 17 heavy (non-hydrogen) atoms. The van der Waals surface area contributed by atoms with Crippen LogP contribution in [0.15, 0.2) is 11.4 Å². The van der Waals surface area contributed by atoms with E-state index in [1.165, 1.54) is 24.2 Å². The van der Waals surface area contributed by atoms with Crippen molar-refractivity contribution in [3.05, 3.63) is 21.3 Å². The van der Waals surface area contributed by atoms with Crippen LogP contribution in [-0.2, 0) is 0 Å². The largest absolute Gasteiger partial charge is 0.291 e. The molecule has 0 radical (unpaired) electrons. The maximum atomic E-state index is 12.7. The standard InChI is InChI=1S/C13H18ClNOS/c1-3-13(2,15-7-4-5-8-15)12(16)11-10(14)6-9-17-11/h6,9H,3-5,7-8H2,1-2H3. The summed E-state index contributed by atoms with van der Waals surface area (Å²) in [7, 11) is 0. The minimum absolute atomic E-state index is 0.182. The lowest BCUT2D eigenvalue weighted by molar-refractivity contribution is 0.0652. The third kappa shape index (κ3) is 2.28. The summed E-state index contributed by atoms with van der Waals surface area (Å²) in [4.78, 5) is 15.7. The minimum atomic E-state index is -0.384. The summed E-state index contributed by atoms with van der Waals surface area (Å²) in [6, 6.07) is 1.81. The number of rotatable bonds is 4. The van der Waals surface area contributed by atoms with Gasteiger partial charge in [0.2, 0.25) is 0 Å². The van der Waals surface area contributed by atoms with Crippen molar-refractivity contribution in [1.29, 1.82) is 0 Å². The number of Topliss-reactive ketones (excluding diaryl/α,β-unsaturated/α-hetero) is 1. The summed E-state index contributed by atoms with van der Waals surface area (Å²) in [5.41, 5.74) is -0.384. The van der Waals surface area contributed by atoms with Crippen molar-refractivity contribution >= 4 is 28.7 Å². The molecule has 4 heteroatoms. The highest BCUT2D eigenvalue weighted by Crippen LogP contribution is 2.33. The van der Waals surface area contributed by atoms with Crippen LogP contribution in [0, 0.1) is 0 Å². The lowest BCUT2D eigenvalue weighted by Crippen LogP contribution is -2.50. The van der Waals surface area contributed by atoms with E-state index in [1.807, 2.05) is 5.38 Å². The van der Waals surface area contributed by atoms with Crippen molar-refractivity contribution in [2.45, 2.75) is 38.6 Å². The van der Waals surface area contributed by atoms with Crippen LogP contribution in [-0.4, -0.2) is 29.3 Å². The van der Waals surface area contributed by atoms with Crippen molar-refractivity contribution in [3.63, 3.8) is 0 Å². The van der Waals surface area contributed by atoms with Gasteiger partial charge in [0.15, 0.2) is 5.78 Å². The monoisotopic (exact) mass is 271 g/mol. The number of hydrogen-bond donors (Lipinski definition) is 0. The molecule has 0 aromatic carbocycles. The van der Waals surface area contributed by atoms with Gasteiger partial charge in [0.25, 0.3) is 0 Å². The molecule has 0 spiro atoms. The summed E-state index contributed by atoms with van der Waals surface area (Å²) in [6.45, 7) is 6.19. The predicted molar refractivity (Wildman–Crippen MR) is 73.2 cm³/mol. The average molecular weight is 272 g/mol. The van der Waals surface area contributed by atoms with Crippen LogP contribution < -0.4 is 0 Å². The maximum absolute atomic E-state index is 12.7. The molecular formula is C13H18ClNOS. The number of thiophene rings is 1. The van der Waals surface area contributed by atoms with E-state index in [9.17, 15) is 4.79 Å². The van der Waals surface area contributed by atoms with Gasteiger partial charge in [-0.05, 0) is 50.7 Å². The zero-order valence-corrected chi connectivity index (χ0v) is 11.9. The molecule has 1 saturated heterocycles. The number of carbonyl (C=O) groups excluding carboxylic acids is 1. The zero-order chi connectivity index (χ0) is 12.5. The second-order valence-corrected chi connectivity index (χ2v) is 6.07. The Hall–Kier alpha value is -0.380. The van der Waals surface area contributed by atoms with Gasteiger partial charge < -0.3 is 0 Å². The van der Waals surface area contributed by atoms with Crippen LogP contribution in [0.4, 0.5) is 0 Å². The first-order valence-electron chi connectivity index (χ1n) is 6.12. The maximum Gasteiger partial charge on any atom is 0.194 e. The van der Waals surface area contributed by atoms with E-state index < -0.39 is 0 Å². The zero-order valence-electron chi connectivity index (χ0n) is 10.3. The van der Waals surface area contributed by atoms with Crippen molar-refractivity contribution in [1.82, 2.24) is 4.90 Å². The Morgan fingerprint density at radius 2 is 2.18 bits per heavy atom. The molecule has 1 aliphatic heterocycles. The highest BCUT2D eigenvalue weighted by Gasteiger charge is 2.40. The van der Waals surface area contributed by atoms with Gasteiger partial charge in [-0.3, -0.25) is 9.69 Å². The average Bonchev–Trinajstić information content (AvgIpc) is 2.97. The smallest absolute Gasteiger partial charge is 0.194 e. The molecule has 0 amide bonds. The first kappa shape index (κ1) is 13.1. The van der Waals surface area contributed by atoms with E-state index in [0.29, 0.717) is 9.90 Å². The van der Waals surface area contributed by atoms with Crippen LogP contribution in [0.5, 0.6) is 0 Å². The molecule has 2 rings (SSSR count). The summed E-state index contributed by atoms with van der Waals surface area (Å²) in [6.07, 6.45) is 3.22. The van der Waals surface area contributed by atoms with Gasteiger partial charge in [0.1, 0.15) is 0 Å². The SMILES string of the molecule is CCC(C)(C(=O)c1sccc1Cl)N1CCCC1. The lowest BCUT2D eigenvalue weighted by atomic mass is 9.90. The molecule has 1 fully saturated rings. The minimum Gasteiger partial charge on any atom is -0.291 e. The number of halogens is 1. The van der Waals surface area contributed by atoms with E-state index in [-0.39, 0.29) is 11.3 Å².